The van der Waals surface area contributed by atoms with Crippen LogP contribution in [0.2, 0.25) is 5.02 Å². The molecule has 2 aromatic rings. The van der Waals surface area contributed by atoms with Gasteiger partial charge in [0.25, 0.3) is 0 Å². The van der Waals surface area contributed by atoms with Gasteiger partial charge in [-0.3, -0.25) is 4.79 Å². The Bertz CT molecular complexity index is 693. The van der Waals surface area contributed by atoms with Crippen molar-refractivity contribution in [3.8, 4) is 17.2 Å². The Kier molecular flexibility index (Phi) is 4.93. The van der Waals surface area contributed by atoms with Crippen molar-refractivity contribution in [2.45, 2.75) is 6.92 Å². The zero-order chi connectivity index (χ0) is 16.3. The van der Waals surface area contributed by atoms with E-state index in [1.807, 2.05) is 6.92 Å². The van der Waals surface area contributed by atoms with Gasteiger partial charge >= 0.3 is 0 Å². The molecule has 5 heteroatoms. The second-order valence-electron chi connectivity index (χ2n) is 4.68. The molecule has 0 N–H and O–H groups in total. The quantitative estimate of drug-likeness (QED) is 0.784. The van der Waals surface area contributed by atoms with E-state index in [1.54, 1.807) is 37.4 Å². The van der Waals surface area contributed by atoms with Gasteiger partial charge in [-0.25, -0.2) is 0 Å². The molecular formula is C17H17ClO4. The summed E-state index contributed by atoms with van der Waals surface area (Å²) in [5.74, 6) is 1.14. The predicted molar refractivity (Wildman–Crippen MR) is 85.7 cm³/mol. The first-order valence-electron chi connectivity index (χ1n) is 6.63. The van der Waals surface area contributed by atoms with Gasteiger partial charge in [0.1, 0.15) is 0 Å². The molecule has 0 heterocycles. The molecule has 116 valence electrons. The number of ketones is 1. The first-order chi connectivity index (χ1) is 10.5. The lowest BCUT2D eigenvalue weighted by Gasteiger charge is -2.17. The Morgan fingerprint density at radius 2 is 1.45 bits per heavy atom. The van der Waals surface area contributed by atoms with Gasteiger partial charge < -0.3 is 14.2 Å². The maximum Gasteiger partial charge on any atom is 0.204 e. The minimum atomic E-state index is -0.169. The third-order valence-electron chi connectivity index (χ3n) is 3.34. The SMILES string of the molecule is COc1c(C)cc(C(=O)c2ccc(Cl)cc2)c(OC)c1OC. The van der Waals surface area contributed by atoms with Gasteiger partial charge in [0.15, 0.2) is 17.3 Å². The van der Waals surface area contributed by atoms with Crippen molar-refractivity contribution in [1.29, 1.82) is 0 Å². The van der Waals surface area contributed by atoms with Crippen molar-refractivity contribution in [1.82, 2.24) is 0 Å². The molecule has 0 spiro atoms. The van der Waals surface area contributed by atoms with E-state index in [9.17, 15) is 4.79 Å². The van der Waals surface area contributed by atoms with Crippen LogP contribution in [0.3, 0.4) is 0 Å². The number of benzene rings is 2. The minimum Gasteiger partial charge on any atom is -0.492 e. The Morgan fingerprint density at radius 1 is 0.909 bits per heavy atom. The van der Waals surface area contributed by atoms with Crippen molar-refractivity contribution in [2.24, 2.45) is 0 Å². The van der Waals surface area contributed by atoms with Crippen molar-refractivity contribution in [3.05, 3.63) is 52.0 Å². The van der Waals surface area contributed by atoms with Crippen LogP contribution in [0.25, 0.3) is 0 Å². The summed E-state index contributed by atoms with van der Waals surface area (Å²) in [5.41, 5.74) is 1.73. The summed E-state index contributed by atoms with van der Waals surface area (Å²) in [6.07, 6.45) is 0. The highest BCUT2D eigenvalue weighted by molar-refractivity contribution is 6.30. The Morgan fingerprint density at radius 3 is 1.95 bits per heavy atom. The lowest BCUT2D eigenvalue weighted by molar-refractivity contribution is 0.103. The molecule has 0 unspecified atom stereocenters. The number of halogens is 1. The normalized spacial score (nSPS) is 10.2. The molecule has 0 atom stereocenters. The molecule has 22 heavy (non-hydrogen) atoms. The van der Waals surface area contributed by atoms with Crippen LogP contribution in [0, 0.1) is 6.92 Å². The van der Waals surface area contributed by atoms with E-state index >= 15 is 0 Å². The van der Waals surface area contributed by atoms with E-state index in [-0.39, 0.29) is 5.78 Å². The van der Waals surface area contributed by atoms with Gasteiger partial charge in [-0.05, 0) is 42.8 Å². The molecule has 0 aromatic heterocycles. The molecule has 2 rings (SSSR count). The van der Waals surface area contributed by atoms with E-state index in [4.69, 9.17) is 25.8 Å². The molecule has 0 amide bonds. The zero-order valence-corrected chi connectivity index (χ0v) is 13.7. The fraction of sp³-hybridized carbons (Fsp3) is 0.235. The number of hydrogen-bond acceptors (Lipinski definition) is 4. The lowest BCUT2D eigenvalue weighted by atomic mass is 9.99. The number of ether oxygens (including phenoxy) is 3. The van der Waals surface area contributed by atoms with E-state index in [0.29, 0.717) is 33.4 Å². The van der Waals surface area contributed by atoms with Crippen molar-refractivity contribution in [2.75, 3.05) is 21.3 Å². The monoisotopic (exact) mass is 320 g/mol. The molecule has 4 nitrogen and oxygen atoms in total. The first kappa shape index (κ1) is 16.2. The molecular weight excluding hydrogens is 304 g/mol. The van der Waals surface area contributed by atoms with Gasteiger partial charge in [-0.15, -0.1) is 0 Å². The van der Waals surface area contributed by atoms with E-state index in [1.165, 1.54) is 14.2 Å². The first-order valence-corrected chi connectivity index (χ1v) is 7.01. The van der Waals surface area contributed by atoms with Crippen LogP contribution in [0.1, 0.15) is 21.5 Å². The predicted octanol–water partition coefficient (Wildman–Crippen LogP) is 3.91. The molecule has 0 saturated carbocycles. The number of rotatable bonds is 5. The topological polar surface area (TPSA) is 44.8 Å². The largest absolute Gasteiger partial charge is 0.492 e. The second kappa shape index (κ2) is 6.71. The van der Waals surface area contributed by atoms with Crippen molar-refractivity contribution >= 4 is 17.4 Å². The Balaban J connectivity index is 2.61. The van der Waals surface area contributed by atoms with Gasteiger partial charge in [-0.2, -0.15) is 0 Å². The van der Waals surface area contributed by atoms with Gasteiger partial charge in [0.2, 0.25) is 5.75 Å². The van der Waals surface area contributed by atoms with Crippen LogP contribution in [0.4, 0.5) is 0 Å². The fourth-order valence-corrected chi connectivity index (χ4v) is 2.45. The van der Waals surface area contributed by atoms with Crippen molar-refractivity contribution in [3.63, 3.8) is 0 Å². The summed E-state index contributed by atoms with van der Waals surface area (Å²) in [5, 5.41) is 0.576. The maximum absolute atomic E-state index is 12.7. The lowest BCUT2D eigenvalue weighted by Crippen LogP contribution is -2.07. The Labute approximate surface area is 134 Å². The summed E-state index contributed by atoms with van der Waals surface area (Å²) in [6.45, 7) is 1.85. The van der Waals surface area contributed by atoms with Crippen LogP contribution in [-0.4, -0.2) is 27.1 Å². The molecule has 0 aliphatic heterocycles. The molecule has 0 saturated heterocycles. The minimum absolute atomic E-state index is 0.169. The Hall–Kier alpha value is -2.20. The highest BCUT2D eigenvalue weighted by atomic mass is 35.5. The second-order valence-corrected chi connectivity index (χ2v) is 5.11. The van der Waals surface area contributed by atoms with E-state index in [0.717, 1.165) is 5.56 Å². The van der Waals surface area contributed by atoms with Gasteiger partial charge in [0, 0.05) is 10.6 Å². The number of aryl methyl sites for hydroxylation is 1. The van der Waals surface area contributed by atoms with Gasteiger partial charge in [-0.1, -0.05) is 11.6 Å². The standard InChI is InChI=1S/C17H17ClO4/c1-10-9-13(14(19)11-5-7-12(18)8-6-11)16(21-3)17(22-4)15(10)20-2/h5-9H,1-4H3. The number of methoxy groups -OCH3 is 3. The maximum atomic E-state index is 12.7. The zero-order valence-electron chi connectivity index (χ0n) is 12.9. The fourth-order valence-electron chi connectivity index (χ4n) is 2.32. The smallest absolute Gasteiger partial charge is 0.204 e. The third-order valence-corrected chi connectivity index (χ3v) is 3.59. The molecule has 2 aromatic carbocycles. The summed E-state index contributed by atoms with van der Waals surface area (Å²) >= 11 is 5.86. The van der Waals surface area contributed by atoms with Crippen LogP contribution in [0.5, 0.6) is 17.2 Å². The summed E-state index contributed by atoms with van der Waals surface area (Å²) < 4.78 is 16.1. The number of carbonyl (C=O) groups is 1. The van der Waals surface area contributed by atoms with Crippen LogP contribution in [-0.2, 0) is 0 Å². The summed E-state index contributed by atoms with van der Waals surface area (Å²) in [6, 6.07) is 8.44. The highest BCUT2D eigenvalue weighted by Crippen LogP contribution is 2.43. The van der Waals surface area contributed by atoms with E-state index in [2.05, 4.69) is 0 Å². The highest BCUT2D eigenvalue weighted by Gasteiger charge is 2.23. The molecule has 0 bridgehead atoms. The van der Waals surface area contributed by atoms with E-state index < -0.39 is 0 Å². The van der Waals surface area contributed by atoms with Crippen LogP contribution >= 0.6 is 11.6 Å². The van der Waals surface area contributed by atoms with Gasteiger partial charge in [0.05, 0.1) is 26.9 Å². The summed E-state index contributed by atoms with van der Waals surface area (Å²) in [7, 11) is 4.55. The van der Waals surface area contributed by atoms with Crippen molar-refractivity contribution < 1.29 is 19.0 Å². The average Bonchev–Trinajstić information content (AvgIpc) is 2.53. The molecule has 0 aliphatic carbocycles. The number of carbonyl (C=O) groups excluding carboxylic acids is 1. The third kappa shape index (κ3) is 2.88. The summed E-state index contributed by atoms with van der Waals surface area (Å²) in [4.78, 5) is 12.7. The average molecular weight is 321 g/mol. The number of hydrogen-bond donors (Lipinski definition) is 0. The molecule has 0 fully saturated rings. The van der Waals surface area contributed by atoms with Crippen LogP contribution < -0.4 is 14.2 Å². The molecule has 0 radical (unpaired) electrons. The molecule has 0 aliphatic rings. The van der Waals surface area contributed by atoms with Crippen LogP contribution in [0.15, 0.2) is 30.3 Å².